The summed E-state index contributed by atoms with van der Waals surface area (Å²) >= 11 is 0. The molecule has 2 atom stereocenters. The molecule has 1 fully saturated rings. The zero-order valence-corrected chi connectivity index (χ0v) is 11.8. The fourth-order valence-corrected chi connectivity index (χ4v) is 2.44. The van der Waals surface area contributed by atoms with Gasteiger partial charge in [0, 0.05) is 24.1 Å². The molecule has 0 saturated carbocycles. The van der Waals surface area contributed by atoms with E-state index in [1.807, 2.05) is 12.1 Å². The van der Waals surface area contributed by atoms with Gasteiger partial charge in [-0.05, 0) is 42.3 Å². The lowest BCUT2D eigenvalue weighted by Crippen LogP contribution is -2.39. The third-order valence-electron chi connectivity index (χ3n) is 3.59. The van der Waals surface area contributed by atoms with Crippen molar-refractivity contribution in [2.45, 2.75) is 18.5 Å². The molecule has 1 saturated heterocycles. The second-order valence-electron chi connectivity index (χ2n) is 5.09. The number of anilines is 1. The summed E-state index contributed by atoms with van der Waals surface area (Å²) in [6.45, 7) is 0. The van der Waals surface area contributed by atoms with Crippen LogP contribution in [-0.4, -0.2) is 16.9 Å². The Morgan fingerprint density at radius 2 is 2.09 bits per heavy atom. The lowest BCUT2D eigenvalue weighted by Gasteiger charge is -2.11. The monoisotopic (exact) mass is 293 g/mol. The second-order valence-corrected chi connectivity index (χ2v) is 5.09. The number of pyridine rings is 1. The minimum atomic E-state index is -0.330. The van der Waals surface area contributed by atoms with Crippen molar-refractivity contribution < 1.29 is 4.79 Å². The number of amides is 1. The number of nitrogens with zero attached hydrogens (tertiary/aromatic N) is 2. The molecule has 1 amide bonds. The Kier molecular flexibility index (Phi) is 4.10. The van der Waals surface area contributed by atoms with E-state index in [0.29, 0.717) is 17.7 Å². The molecule has 0 bridgehead atoms. The minimum Gasteiger partial charge on any atom is -0.325 e. The predicted octanol–water partition coefficient (Wildman–Crippen LogP) is 1.50. The second kappa shape index (κ2) is 6.35. The van der Waals surface area contributed by atoms with Gasteiger partial charge in [0.1, 0.15) is 6.04 Å². The van der Waals surface area contributed by atoms with Crippen molar-refractivity contribution in [2.75, 3.05) is 5.32 Å². The Balaban J connectivity index is 1.63. The fourth-order valence-electron chi connectivity index (χ4n) is 2.44. The number of benzene rings is 1. The van der Waals surface area contributed by atoms with Gasteiger partial charge in [-0.1, -0.05) is 6.07 Å². The summed E-state index contributed by atoms with van der Waals surface area (Å²) in [5.41, 5.74) is 8.36. The molecule has 3 rings (SSSR count). The number of hydrogen-bond acceptors (Lipinski definition) is 5. The molecule has 6 nitrogen and oxygen atoms in total. The number of rotatable bonds is 3. The first-order valence-corrected chi connectivity index (χ1v) is 6.98. The van der Waals surface area contributed by atoms with E-state index in [9.17, 15) is 4.79 Å². The number of carbonyl (C=O) groups excluding carboxylic acids is 1. The maximum Gasteiger partial charge on any atom is 0.242 e. The summed E-state index contributed by atoms with van der Waals surface area (Å²) in [4.78, 5) is 16.3. The lowest BCUT2D eigenvalue weighted by atomic mass is 10.0. The van der Waals surface area contributed by atoms with Crippen LogP contribution in [0.15, 0.2) is 48.8 Å². The first kappa shape index (κ1) is 14.2. The maximum atomic E-state index is 12.3. The quantitative estimate of drug-likeness (QED) is 0.798. The molecular formula is C16H15N5O. The smallest absolute Gasteiger partial charge is 0.242 e. The van der Waals surface area contributed by atoms with Crippen LogP contribution in [0.2, 0.25) is 0 Å². The van der Waals surface area contributed by atoms with Gasteiger partial charge in [0.25, 0.3) is 0 Å². The molecule has 1 aromatic carbocycles. The van der Waals surface area contributed by atoms with E-state index in [1.165, 1.54) is 0 Å². The van der Waals surface area contributed by atoms with Gasteiger partial charge in [-0.15, -0.1) is 0 Å². The highest BCUT2D eigenvalue weighted by Crippen LogP contribution is 2.22. The maximum absolute atomic E-state index is 12.3. The Hall–Kier alpha value is -2.75. The average molecular weight is 293 g/mol. The number of nitriles is 1. The van der Waals surface area contributed by atoms with Crippen LogP contribution in [0.3, 0.4) is 0 Å². The molecule has 0 spiro atoms. The highest BCUT2D eigenvalue weighted by molar-refractivity contribution is 5.95. The summed E-state index contributed by atoms with van der Waals surface area (Å²) in [6.07, 6.45) is 4.11. The molecule has 6 heteroatoms. The molecule has 1 aliphatic heterocycles. The largest absolute Gasteiger partial charge is 0.325 e. The molecular weight excluding hydrogens is 278 g/mol. The number of hydrazine groups is 1. The SMILES string of the molecule is N#Cc1cccc(NC(=O)C2CC(c3ccncc3)NN2)c1. The van der Waals surface area contributed by atoms with Crippen molar-refractivity contribution in [3.05, 3.63) is 59.9 Å². The van der Waals surface area contributed by atoms with Crippen molar-refractivity contribution in [1.82, 2.24) is 15.8 Å². The summed E-state index contributed by atoms with van der Waals surface area (Å²) < 4.78 is 0. The normalized spacial score (nSPS) is 20.3. The van der Waals surface area contributed by atoms with Gasteiger partial charge in [0.2, 0.25) is 5.91 Å². The molecule has 2 aromatic rings. The average Bonchev–Trinajstić information content (AvgIpc) is 3.06. The van der Waals surface area contributed by atoms with Gasteiger partial charge in [-0.3, -0.25) is 9.78 Å². The van der Waals surface area contributed by atoms with E-state index in [2.05, 4.69) is 27.2 Å². The number of nitrogens with one attached hydrogen (secondary N) is 3. The van der Waals surface area contributed by atoms with Crippen molar-refractivity contribution in [3.8, 4) is 6.07 Å². The summed E-state index contributed by atoms with van der Waals surface area (Å²) in [6, 6.07) is 12.5. The van der Waals surface area contributed by atoms with Crippen molar-refractivity contribution in [2.24, 2.45) is 0 Å². The molecule has 1 aliphatic rings. The molecule has 22 heavy (non-hydrogen) atoms. The molecule has 2 heterocycles. The summed E-state index contributed by atoms with van der Waals surface area (Å²) in [7, 11) is 0. The zero-order chi connectivity index (χ0) is 15.4. The summed E-state index contributed by atoms with van der Waals surface area (Å²) in [5, 5.41) is 11.7. The van der Waals surface area contributed by atoms with Crippen LogP contribution in [0.25, 0.3) is 0 Å². The van der Waals surface area contributed by atoms with Crippen LogP contribution in [0.5, 0.6) is 0 Å². The van der Waals surface area contributed by atoms with Gasteiger partial charge in [-0.2, -0.15) is 5.26 Å². The van der Waals surface area contributed by atoms with Crippen LogP contribution in [0.1, 0.15) is 23.6 Å². The van der Waals surface area contributed by atoms with Crippen molar-refractivity contribution in [3.63, 3.8) is 0 Å². The Bertz CT molecular complexity index is 710. The third-order valence-corrected chi connectivity index (χ3v) is 3.59. The summed E-state index contributed by atoms with van der Waals surface area (Å²) in [5.74, 6) is -0.126. The Morgan fingerprint density at radius 1 is 1.27 bits per heavy atom. The minimum absolute atomic E-state index is 0.0733. The van der Waals surface area contributed by atoms with E-state index < -0.39 is 0 Å². The lowest BCUT2D eigenvalue weighted by molar-refractivity contribution is -0.117. The van der Waals surface area contributed by atoms with Gasteiger partial charge in [-0.25, -0.2) is 10.9 Å². The van der Waals surface area contributed by atoms with Gasteiger partial charge in [0.15, 0.2) is 0 Å². The number of aromatic nitrogens is 1. The van der Waals surface area contributed by atoms with E-state index in [0.717, 1.165) is 5.56 Å². The zero-order valence-electron chi connectivity index (χ0n) is 11.8. The van der Waals surface area contributed by atoms with E-state index in [1.54, 1.807) is 36.7 Å². The molecule has 3 N–H and O–H groups in total. The topological polar surface area (TPSA) is 89.8 Å². The highest BCUT2D eigenvalue weighted by atomic mass is 16.2. The Labute approximate surface area is 128 Å². The molecule has 110 valence electrons. The first-order valence-electron chi connectivity index (χ1n) is 6.98. The molecule has 0 aliphatic carbocycles. The van der Waals surface area contributed by atoms with Crippen LogP contribution in [0.4, 0.5) is 5.69 Å². The van der Waals surface area contributed by atoms with E-state index >= 15 is 0 Å². The van der Waals surface area contributed by atoms with E-state index in [-0.39, 0.29) is 18.0 Å². The first-order chi connectivity index (χ1) is 10.8. The highest BCUT2D eigenvalue weighted by Gasteiger charge is 2.30. The molecule has 2 unspecified atom stereocenters. The van der Waals surface area contributed by atoms with Crippen LogP contribution < -0.4 is 16.2 Å². The van der Waals surface area contributed by atoms with Gasteiger partial charge in [0.05, 0.1) is 11.6 Å². The van der Waals surface area contributed by atoms with Crippen molar-refractivity contribution in [1.29, 1.82) is 5.26 Å². The van der Waals surface area contributed by atoms with Crippen molar-refractivity contribution >= 4 is 11.6 Å². The third kappa shape index (κ3) is 3.11. The number of hydrogen-bond donors (Lipinski definition) is 3. The number of carbonyl (C=O) groups is 1. The fraction of sp³-hybridized carbons (Fsp3) is 0.188. The standard InChI is InChI=1S/C16H15N5O/c17-10-11-2-1-3-13(8-11)19-16(22)15-9-14(20-21-15)12-4-6-18-7-5-12/h1-8,14-15,20-21H,9H2,(H,19,22). The van der Waals surface area contributed by atoms with Crippen LogP contribution >= 0.6 is 0 Å². The Morgan fingerprint density at radius 3 is 2.86 bits per heavy atom. The van der Waals surface area contributed by atoms with Crippen LogP contribution in [0, 0.1) is 11.3 Å². The molecule has 0 radical (unpaired) electrons. The molecule has 1 aromatic heterocycles. The van der Waals surface area contributed by atoms with Gasteiger partial charge < -0.3 is 5.32 Å². The van der Waals surface area contributed by atoms with E-state index in [4.69, 9.17) is 5.26 Å². The predicted molar refractivity (Wildman–Crippen MR) is 81.4 cm³/mol. The van der Waals surface area contributed by atoms with Crippen LogP contribution in [-0.2, 0) is 4.79 Å². The van der Waals surface area contributed by atoms with Gasteiger partial charge >= 0.3 is 0 Å².